The third kappa shape index (κ3) is 3.33. The number of benzene rings is 1. The Labute approximate surface area is 120 Å². The lowest BCUT2D eigenvalue weighted by Crippen LogP contribution is -2.23. The largest absolute Gasteiger partial charge is 0.478 e. The van der Waals surface area contributed by atoms with Gasteiger partial charge in [-0.25, -0.2) is 9.78 Å². The number of pyridine rings is 1. The molecule has 2 N–H and O–H groups in total. The molecule has 0 aliphatic heterocycles. The van der Waals surface area contributed by atoms with Crippen LogP contribution in [0.4, 0.5) is 0 Å². The van der Waals surface area contributed by atoms with Crippen LogP contribution in [0, 0.1) is 0 Å². The zero-order chi connectivity index (χ0) is 14.5. The summed E-state index contributed by atoms with van der Waals surface area (Å²) in [6.07, 6.45) is 1.50. The summed E-state index contributed by atoms with van der Waals surface area (Å²) in [5.74, 6) is -1.31. The number of carboxylic acid groups (broad SMARTS) is 1. The molecule has 20 heavy (non-hydrogen) atoms. The molecule has 6 heteroatoms. The van der Waals surface area contributed by atoms with Crippen molar-refractivity contribution in [3.63, 3.8) is 0 Å². The molecule has 2 aromatic rings. The summed E-state index contributed by atoms with van der Waals surface area (Å²) in [7, 11) is 0. The molecule has 0 saturated carbocycles. The number of aromatic nitrogens is 1. The molecular formula is C14H11ClN2O3. The van der Waals surface area contributed by atoms with Crippen LogP contribution in [-0.4, -0.2) is 22.0 Å². The van der Waals surface area contributed by atoms with Crippen molar-refractivity contribution in [2.24, 2.45) is 0 Å². The predicted octanol–water partition coefficient (Wildman–Crippen LogP) is 2.36. The second-order valence-corrected chi connectivity index (χ2v) is 4.38. The van der Waals surface area contributed by atoms with Gasteiger partial charge in [-0.2, -0.15) is 0 Å². The Balaban J connectivity index is 2.00. The summed E-state index contributed by atoms with van der Waals surface area (Å²) in [6.45, 7) is 0.282. The molecule has 1 amide bonds. The SMILES string of the molecule is O=C(O)c1ccc(CNC(=O)c2cccnc2Cl)cc1. The number of carbonyl (C=O) groups excluding carboxylic acids is 1. The summed E-state index contributed by atoms with van der Waals surface area (Å²) in [6, 6.07) is 9.48. The Bertz CT molecular complexity index is 641. The first kappa shape index (κ1) is 14.0. The molecule has 5 nitrogen and oxygen atoms in total. The van der Waals surface area contributed by atoms with Crippen LogP contribution in [0.15, 0.2) is 42.6 Å². The number of hydrogen-bond acceptors (Lipinski definition) is 3. The van der Waals surface area contributed by atoms with Crippen molar-refractivity contribution < 1.29 is 14.7 Å². The van der Waals surface area contributed by atoms with Gasteiger partial charge >= 0.3 is 5.97 Å². The third-order valence-electron chi connectivity index (χ3n) is 2.66. The topological polar surface area (TPSA) is 79.3 Å². The van der Waals surface area contributed by atoms with Crippen molar-refractivity contribution >= 4 is 23.5 Å². The van der Waals surface area contributed by atoms with Gasteiger partial charge in [0.2, 0.25) is 0 Å². The van der Waals surface area contributed by atoms with Gasteiger partial charge in [0.05, 0.1) is 11.1 Å². The van der Waals surface area contributed by atoms with Crippen LogP contribution in [-0.2, 0) is 6.54 Å². The van der Waals surface area contributed by atoms with E-state index >= 15 is 0 Å². The van der Waals surface area contributed by atoms with E-state index in [9.17, 15) is 9.59 Å². The van der Waals surface area contributed by atoms with Crippen LogP contribution in [0.25, 0.3) is 0 Å². The molecule has 0 fully saturated rings. The van der Waals surface area contributed by atoms with Crippen LogP contribution in [0.2, 0.25) is 5.15 Å². The predicted molar refractivity (Wildman–Crippen MR) is 73.8 cm³/mol. The molecule has 0 saturated heterocycles. The van der Waals surface area contributed by atoms with E-state index in [1.165, 1.54) is 18.3 Å². The summed E-state index contributed by atoms with van der Waals surface area (Å²) < 4.78 is 0. The van der Waals surface area contributed by atoms with E-state index in [1.54, 1.807) is 24.3 Å². The van der Waals surface area contributed by atoms with Gasteiger partial charge in [-0.1, -0.05) is 23.7 Å². The maximum absolute atomic E-state index is 11.9. The van der Waals surface area contributed by atoms with Crippen molar-refractivity contribution in [2.75, 3.05) is 0 Å². The number of nitrogens with one attached hydrogen (secondary N) is 1. The molecule has 0 unspecified atom stereocenters. The van der Waals surface area contributed by atoms with Gasteiger partial charge in [0.25, 0.3) is 5.91 Å². The van der Waals surface area contributed by atoms with E-state index in [1.807, 2.05) is 0 Å². The maximum atomic E-state index is 11.9. The highest BCUT2D eigenvalue weighted by Gasteiger charge is 2.10. The number of hydrogen-bond donors (Lipinski definition) is 2. The number of carbonyl (C=O) groups is 2. The van der Waals surface area contributed by atoms with E-state index in [4.69, 9.17) is 16.7 Å². The smallest absolute Gasteiger partial charge is 0.335 e. The van der Waals surface area contributed by atoms with Crippen molar-refractivity contribution in [1.29, 1.82) is 0 Å². The lowest BCUT2D eigenvalue weighted by molar-refractivity contribution is 0.0696. The second kappa shape index (κ2) is 6.16. The normalized spacial score (nSPS) is 10.1. The number of rotatable bonds is 4. The molecular weight excluding hydrogens is 280 g/mol. The Kier molecular flexibility index (Phi) is 4.32. The molecule has 0 spiro atoms. The standard InChI is InChI=1S/C14H11ClN2O3/c15-12-11(2-1-7-16-12)13(18)17-8-9-3-5-10(6-4-9)14(19)20/h1-7H,8H2,(H,17,18)(H,19,20). The molecule has 0 radical (unpaired) electrons. The average Bonchev–Trinajstić information content (AvgIpc) is 2.45. The molecule has 0 aliphatic rings. The molecule has 0 atom stereocenters. The molecule has 1 heterocycles. The lowest BCUT2D eigenvalue weighted by Gasteiger charge is -2.06. The lowest BCUT2D eigenvalue weighted by atomic mass is 10.1. The minimum Gasteiger partial charge on any atom is -0.478 e. The van der Waals surface area contributed by atoms with Crippen LogP contribution in [0.1, 0.15) is 26.3 Å². The van der Waals surface area contributed by atoms with Gasteiger partial charge in [0.15, 0.2) is 0 Å². The first-order valence-corrected chi connectivity index (χ1v) is 6.16. The summed E-state index contributed by atoms with van der Waals surface area (Å²) in [4.78, 5) is 26.4. The van der Waals surface area contributed by atoms with Crippen molar-refractivity contribution in [1.82, 2.24) is 10.3 Å². The average molecular weight is 291 g/mol. The minimum atomic E-state index is -0.984. The molecule has 1 aromatic carbocycles. The zero-order valence-corrected chi connectivity index (χ0v) is 11.1. The van der Waals surface area contributed by atoms with E-state index < -0.39 is 5.97 Å². The highest BCUT2D eigenvalue weighted by molar-refractivity contribution is 6.32. The fraction of sp³-hybridized carbons (Fsp3) is 0.0714. The van der Waals surface area contributed by atoms with E-state index in [-0.39, 0.29) is 23.2 Å². The number of amides is 1. The Hall–Kier alpha value is -2.40. The van der Waals surface area contributed by atoms with Crippen molar-refractivity contribution in [2.45, 2.75) is 6.54 Å². The highest BCUT2D eigenvalue weighted by Crippen LogP contribution is 2.11. The van der Waals surface area contributed by atoms with Crippen LogP contribution < -0.4 is 5.32 Å². The molecule has 2 rings (SSSR count). The summed E-state index contributed by atoms with van der Waals surface area (Å²) >= 11 is 5.82. The zero-order valence-electron chi connectivity index (χ0n) is 10.3. The van der Waals surface area contributed by atoms with Crippen molar-refractivity contribution in [3.8, 4) is 0 Å². The van der Waals surface area contributed by atoms with Gasteiger partial charge in [-0.3, -0.25) is 4.79 Å². The van der Waals surface area contributed by atoms with Gasteiger partial charge in [0, 0.05) is 12.7 Å². The second-order valence-electron chi connectivity index (χ2n) is 4.03. The van der Waals surface area contributed by atoms with E-state index in [0.29, 0.717) is 5.56 Å². The Morgan fingerprint density at radius 2 is 1.90 bits per heavy atom. The molecule has 102 valence electrons. The fourth-order valence-electron chi connectivity index (χ4n) is 1.60. The molecule has 1 aromatic heterocycles. The van der Waals surface area contributed by atoms with Gasteiger partial charge in [-0.05, 0) is 29.8 Å². The van der Waals surface area contributed by atoms with Gasteiger partial charge < -0.3 is 10.4 Å². The monoisotopic (exact) mass is 290 g/mol. The van der Waals surface area contributed by atoms with Gasteiger partial charge in [-0.15, -0.1) is 0 Å². The molecule has 0 aliphatic carbocycles. The van der Waals surface area contributed by atoms with Gasteiger partial charge in [0.1, 0.15) is 5.15 Å². The van der Waals surface area contributed by atoms with Crippen molar-refractivity contribution in [3.05, 3.63) is 64.4 Å². The number of carboxylic acids is 1. The van der Waals surface area contributed by atoms with Crippen LogP contribution in [0.5, 0.6) is 0 Å². The van der Waals surface area contributed by atoms with Crippen LogP contribution in [0.3, 0.4) is 0 Å². The molecule has 0 bridgehead atoms. The third-order valence-corrected chi connectivity index (χ3v) is 2.96. The number of nitrogens with zero attached hydrogens (tertiary/aromatic N) is 1. The highest BCUT2D eigenvalue weighted by atomic mass is 35.5. The first-order chi connectivity index (χ1) is 9.58. The number of aromatic carboxylic acids is 1. The summed E-state index contributed by atoms with van der Waals surface area (Å²) in [5.41, 5.74) is 1.30. The number of halogens is 1. The summed E-state index contributed by atoms with van der Waals surface area (Å²) in [5, 5.41) is 11.6. The fourth-order valence-corrected chi connectivity index (χ4v) is 1.80. The Morgan fingerprint density at radius 1 is 1.20 bits per heavy atom. The van der Waals surface area contributed by atoms with Crippen LogP contribution >= 0.6 is 11.6 Å². The maximum Gasteiger partial charge on any atom is 0.335 e. The minimum absolute atomic E-state index is 0.145. The first-order valence-electron chi connectivity index (χ1n) is 5.79. The van der Waals surface area contributed by atoms with E-state index in [0.717, 1.165) is 5.56 Å². The quantitative estimate of drug-likeness (QED) is 0.847. The van der Waals surface area contributed by atoms with E-state index in [2.05, 4.69) is 10.3 Å². The Morgan fingerprint density at radius 3 is 2.50 bits per heavy atom.